The molecule has 0 spiro atoms. The number of anilines is 1. The summed E-state index contributed by atoms with van der Waals surface area (Å²) in [5.41, 5.74) is 0. The number of carbonyl (C=O) groups is 1. The highest BCUT2D eigenvalue weighted by atomic mass is 16.5. The number of hydrogen-bond acceptors (Lipinski definition) is 6. The summed E-state index contributed by atoms with van der Waals surface area (Å²) in [6.07, 6.45) is 4.31. The maximum absolute atomic E-state index is 12.4. The number of methoxy groups -OCH3 is 1. The summed E-state index contributed by atoms with van der Waals surface area (Å²) in [4.78, 5) is 25.2. The quantitative estimate of drug-likeness (QED) is 0.803. The summed E-state index contributed by atoms with van der Waals surface area (Å²) in [5.74, 6) is 0.298. The highest BCUT2D eigenvalue weighted by Crippen LogP contribution is 2.15. The van der Waals surface area contributed by atoms with Gasteiger partial charge in [-0.25, -0.2) is 9.97 Å². The summed E-state index contributed by atoms with van der Waals surface area (Å²) >= 11 is 0. The molecule has 7 heteroatoms. The van der Waals surface area contributed by atoms with Crippen LogP contribution in [0.2, 0.25) is 0 Å². The number of nitrogens with one attached hydrogen (secondary N) is 1. The Balaban J connectivity index is 1.89. The molecule has 128 valence electrons. The molecule has 1 fully saturated rings. The molecule has 1 saturated heterocycles. The SMILES string of the molecule is CC[C@@H]1CN([C@@H](C)C(=O)Nc2ncccn2)CCN1CCOC. The molecule has 0 radical (unpaired) electrons. The van der Waals surface area contributed by atoms with Crippen LogP contribution in [0.15, 0.2) is 18.5 Å². The Morgan fingerprint density at radius 1 is 1.43 bits per heavy atom. The minimum absolute atomic E-state index is 0.0589. The van der Waals surface area contributed by atoms with E-state index in [-0.39, 0.29) is 11.9 Å². The van der Waals surface area contributed by atoms with Crippen molar-refractivity contribution in [3.63, 3.8) is 0 Å². The summed E-state index contributed by atoms with van der Waals surface area (Å²) in [7, 11) is 1.73. The molecular weight excluding hydrogens is 294 g/mol. The summed E-state index contributed by atoms with van der Waals surface area (Å²) in [6.45, 7) is 8.56. The Labute approximate surface area is 138 Å². The first-order valence-electron chi connectivity index (χ1n) is 8.20. The standard InChI is InChI=1S/C16H27N5O2/c1-4-14-12-21(9-8-20(14)10-11-23-3)13(2)15(22)19-16-17-6-5-7-18-16/h5-7,13-14H,4,8-12H2,1-3H3,(H,17,18,19,22)/t13-,14+/m0/s1. The lowest BCUT2D eigenvalue weighted by Crippen LogP contribution is -2.57. The molecule has 0 unspecified atom stereocenters. The molecule has 0 bridgehead atoms. The first-order chi connectivity index (χ1) is 11.2. The predicted molar refractivity (Wildman–Crippen MR) is 89.2 cm³/mol. The molecule has 7 nitrogen and oxygen atoms in total. The number of hydrogen-bond donors (Lipinski definition) is 1. The Morgan fingerprint density at radius 2 is 2.17 bits per heavy atom. The van der Waals surface area contributed by atoms with Crippen molar-refractivity contribution < 1.29 is 9.53 Å². The van der Waals surface area contributed by atoms with Crippen LogP contribution in [0.1, 0.15) is 20.3 Å². The van der Waals surface area contributed by atoms with Gasteiger partial charge in [-0.2, -0.15) is 0 Å². The number of amides is 1. The zero-order chi connectivity index (χ0) is 16.7. The first-order valence-corrected chi connectivity index (χ1v) is 8.20. The van der Waals surface area contributed by atoms with Crippen LogP contribution in [-0.2, 0) is 9.53 Å². The lowest BCUT2D eigenvalue weighted by atomic mass is 10.1. The van der Waals surface area contributed by atoms with Crippen molar-refractivity contribution in [3.8, 4) is 0 Å². The zero-order valence-electron chi connectivity index (χ0n) is 14.2. The fraction of sp³-hybridized carbons (Fsp3) is 0.688. The number of nitrogens with zero attached hydrogens (tertiary/aromatic N) is 4. The van der Waals surface area contributed by atoms with Crippen molar-refractivity contribution in [2.45, 2.75) is 32.4 Å². The van der Waals surface area contributed by atoms with E-state index in [9.17, 15) is 4.79 Å². The normalized spacial score (nSPS) is 21.1. The van der Waals surface area contributed by atoms with Crippen molar-refractivity contribution in [2.24, 2.45) is 0 Å². The second-order valence-corrected chi connectivity index (χ2v) is 5.82. The van der Waals surface area contributed by atoms with Gasteiger partial charge in [0.25, 0.3) is 0 Å². The van der Waals surface area contributed by atoms with Crippen molar-refractivity contribution in [1.82, 2.24) is 19.8 Å². The van der Waals surface area contributed by atoms with Crippen LogP contribution in [0.3, 0.4) is 0 Å². The Kier molecular flexibility index (Phi) is 6.88. The Hall–Kier alpha value is -1.57. The molecule has 1 aliphatic heterocycles. The van der Waals surface area contributed by atoms with Gasteiger partial charge in [-0.1, -0.05) is 6.92 Å². The van der Waals surface area contributed by atoms with E-state index in [0.717, 1.165) is 39.2 Å². The lowest BCUT2D eigenvalue weighted by Gasteiger charge is -2.43. The van der Waals surface area contributed by atoms with Gasteiger partial charge in [0.15, 0.2) is 0 Å². The molecule has 0 aromatic carbocycles. The third kappa shape index (κ3) is 4.95. The van der Waals surface area contributed by atoms with E-state index >= 15 is 0 Å². The maximum atomic E-state index is 12.4. The summed E-state index contributed by atoms with van der Waals surface area (Å²) < 4.78 is 5.18. The molecule has 1 N–H and O–H groups in total. The van der Waals surface area contributed by atoms with E-state index in [1.54, 1.807) is 25.6 Å². The van der Waals surface area contributed by atoms with E-state index in [2.05, 4.69) is 32.0 Å². The van der Waals surface area contributed by atoms with Gasteiger partial charge in [-0.3, -0.25) is 19.9 Å². The molecule has 2 atom stereocenters. The second kappa shape index (κ2) is 8.90. The van der Waals surface area contributed by atoms with E-state index in [1.165, 1.54) is 0 Å². The van der Waals surface area contributed by atoms with Crippen LogP contribution < -0.4 is 5.32 Å². The van der Waals surface area contributed by atoms with Gasteiger partial charge in [0.1, 0.15) is 0 Å². The van der Waals surface area contributed by atoms with Crippen molar-refractivity contribution in [3.05, 3.63) is 18.5 Å². The number of rotatable bonds is 7. The largest absolute Gasteiger partial charge is 0.383 e. The van der Waals surface area contributed by atoms with Crippen LogP contribution in [0.4, 0.5) is 5.95 Å². The van der Waals surface area contributed by atoms with Gasteiger partial charge in [-0.05, 0) is 19.4 Å². The Morgan fingerprint density at radius 3 is 2.83 bits per heavy atom. The van der Waals surface area contributed by atoms with Gasteiger partial charge >= 0.3 is 0 Å². The monoisotopic (exact) mass is 321 g/mol. The fourth-order valence-electron chi connectivity index (χ4n) is 2.90. The molecule has 23 heavy (non-hydrogen) atoms. The number of carbonyl (C=O) groups excluding carboxylic acids is 1. The molecule has 1 aliphatic rings. The van der Waals surface area contributed by atoms with Gasteiger partial charge in [-0.15, -0.1) is 0 Å². The third-order valence-electron chi connectivity index (χ3n) is 4.42. The van der Waals surface area contributed by atoms with Crippen molar-refractivity contribution >= 4 is 11.9 Å². The van der Waals surface area contributed by atoms with E-state index in [0.29, 0.717) is 12.0 Å². The average molecular weight is 321 g/mol. The molecular formula is C16H27N5O2. The molecule has 2 heterocycles. The van der Waals surface area contributed by atoms with Gasteiger partial charge in [0.2, 0.25) is 11.9 Å². The molecule has 2 rings (SSSR count). The van der Waals surface area contributed by atoms with Crippen LogP contribution in [0.5, 0.6) is 0 Å². The zero-order valence-corrected chi connectivity index (χ0v) is 14.2. The van der Waals surface area contributed by atoms with Crippen LogP contribution in [-0.4, -0.2) is 77.7 Å². The van der Waals surface area contributed by atoms with Crippen LogP contribution >= 0.6 is 0 Å². The molecule has 0 aliphatic carbocycles. The molecule has 1 aromatic rings. The van der Waals surface area contributed by atoms with Gasteiger partial charge in [0, 0.05) is 51.7 Å². The van der Waals surface area contributed by atoms with E-state index in [4.69, 9.17) is 4.74 Å². The van der Waals surface area contributed by atoms with E-state index in [1.807, 2.05) is 6.92 Å². The summed E-state index contributed by atoms with van der Waals surface area (Å²) in [6, 6.07) is 1.99. The second-order valence-electron chi connectivity index (χ2n) is 5.82. The van der Waals surface area contributed by atoms with Gasteiger partial charge < -0.3 is 4.74 Å². The fourth-order valence-corrected chi connectivity index (χ4v) is 2.90. The van der Waals surface area contributed by atoms with Crippen LogP contribution in [0, 0.1) is 0 Å². The minimum atomic E-state index is -0.197. The third-order valence-corrected chi connectivity index (χ3v) is 4.42. The highest BCUT2D eigenvalue weighted by Gasteiger charge is 2.30. The smallest absolute Gasteiger partial charge is 0.243 e. The average Bonchev–Trinajstić information content (AvgIpc) is 2.60. The molecule has 0 saturated carbocycles. The maximum Gasteiger partial charge on any atom is 0.243 e. The molecule has 1 amide bonds. The highest BCUT2D eigenvalue weighted by molar-refractivity contribution is 5.93. The van der Waals surface area contributed by atoms with Crippen molar-refractivity contribution in [2.75, 3.05) is 45.2 Å². The number of ether oxygens (including phenoxy) is 1. The number of aromatic nitrogens is 2. The topological polar surface area (TPSA) is 70.6 Å². The van der Waals surface area contributed by atoms with Crippen LogP contribution in [0.25, 0.3) is 0 Å². The molecule has 1 aromatic heterocycles. The number of piperazine rings is 1. The summed E-state index contributed by atoms with van der Waals surface area (Å²) in [5, 5.41) is 2.78. The lowest BCUT2D eigenvalue weighted by molar-refractivity contribution is -0.122. The van der Waals surface area contributed by atoms with E-state index < -0.39 is 0 Å². The predicted octanol–water partition coefficient (Wildman–Crippen LogP) is 0.846. The minimum Gasteiger partial charge on any atom is -0.383 e. The van der Waals surface area contributed by atoms with Gasteiger partial charge in [0.05, 0.1) is 12.6 Å². The van der Waals surface area contributed by atoms with Crippen molar-refractivity contribution in [1.29, 1.82) is 0 Å². The Bertz CT molecular complexity index is 485. The first kappa shape index (κ1) is 17.8.